The van der Waals surface area contributed by atoms with E-state index in [2.05, 4.69) is 22.1 Å². The maximum Gasteiger partial charge on any atom is 0.416 e. The van der Waals surface area contributed by atoms with Gasteiger partial charge in [-0.15, -0.1) is 22.7 Å². The average Bonchev–Trinajstić information content (AvgIpc) is 3.61. The summed E-state index contributed by atoms with van der Waals surface area (Å²) in [5.74, 6) is 0. The number of thiazole rings is 2. The number of cyclic esters (lactones) is 1. The van der Waals surface area contributed by atoms with E-state index in [0.717, 1.165) is 22.5 Å². The third kappa shape index (κ3) is 5.15. The van der Waals surface area contributed by atoms with Gasteiger partial charge in [0.15, 0.2) is 10.3 Å². The molecule has 4 aromatic rings. The summed E-state index contributed by atoms with van der Waals surface area (Å²) in [6, 6.07) is 18.6. The van der Waals surface area contributed by atoms with Crippen molar-refractivity contribution in [1.82, 2.24) is 9.97 Å². The van der Waals surface area contributed by atoms with Crippen LogP contribution in [0.1, 0.15) is 11.1 Å². The monoisotopic (exact) mass is 472 g/mol. The van der Waals surface area contributed by atoms with Gasteiger partial charge in [0, 0.05) is 21.9 Å². The fourth-order valence-electron chi connectivity index (χ4n) is 2.94. The number of benzene rings is 2. The molecule has 0 saturated carbocycles. The van der Waals surface area contributed by atoms with Crippen LogP contribution in [0.25, 0.3) is 22.5 Å². The standard InChI is InChI=1S/C13H9N3O2S.C10H7N3S/c14-7-9-1-3-10(4-2-9)11-8-19-12(15-11)16-5-6-18-13(16)17;11-5-7-1-3-8(4-2-7)9-6-14-10(12)13-9/h1-4,8H,5-6H2;1-4,6H,(H2,12,13). The Balaban J connectivity index is 0.000000165. The minimum atomic E-state index is -0.347. The van der Waals surface area contributed by atoms with Crippen LogP contribution in [0.5, 0.6) is 0 Å². The van der Waals surface area contributed by atoms with E-state index in [1.807, 2.05) is 35.0 Å². The Bertz CT molecular complexity index is 1350. The summed E-state index contributed by atoms with van der Waals surface area (Å²) in [6.07, 6.45) is -0.347. The molecule has 0 aliphatic carbocycles. The second-order valence-corrected chi connectivity index (χ2v) is 8.46. The Morgan fingerprint density at radius 3 is 1.88 bits per heavy atom. The molecule has 33 heavy (non-hydrogen) atoms. The molecule has 1 amide bonds. The van der Waals surface area contributed by atoms with Gasteiger partial charge in [-0.05, 0) is 24.3 Å². The lowest BCUT2D eigenvalue weighted by Gasteiger charge is -2.06. The Labute approximate surface area is 197 Å². The molecule has 2 aromatic heterocycles. The Hall–Kier alpha value is -4.25. The van der Waals surface area contributed by atoms with Gasteiger partial charge in [0.1, 0.15) is 6.61 Å². The van der Waals surface area contributed by atoms with Gasteiger partial charge in [0.25, 0.3) is 0 Å². The first-order chi connectivity index (χ1) is 16.1. The number of hydrogen-bond acceptors (Lipinski definition) is 9. The molecule has 2 N–H and O–H groups in total. The molecule has 0 unspecified atom stereocenters. The van der Waals surface area contributed by atoms with Gasteiger partial charge >= 0.3 is 6.09 Å². The predicted octanol–water partition coefficient (Wildman–Crippen LogP) is 4.90. The molecule has 3 heterocycles. The first-order valence-corrected chi connectivity index (χ1v) is 11.4. The van der Waals surface area contributed by atoms with Crippen molar-refractivity contribution in [3.8, 4) is 34.7 Å². The van der Waals surface area contributed by atoms with E-state index < -0.39 is 0 Å². The van der Waals surface area contributed by atoms with Crippen molar-refractivity contribution in [2.45, 2.75) is 0 Å². The number of rotatable bonds is 3. The summed E-state index contributed by atoms with van der Waals surface area (Å²) >= 11 is 2.82. The fraction of sp³-hybridized carbons (Fsp3) is 0.0870. The maximum atomic E-state index is 11.4. The molecule has 0 bridgehead atoms. The lowest BCUT2D eigenvalue weighted by atomic mass is 10.1. The molecule has 8 nitrogen and oxygen atoms in total. The van der Waals surface area contributed by atoms with Gasteiger partial charge in [-0.2, -0.15) is 10.5 Å². The zero-order chi connectivity index (χ0) is 23.2. The van der Waals surface area contributed by atoms with Gasteiger partial charge in [-0.25, -0.2) is 19.7 Å². The number of aromatic nitrogens is 2. The highest BCUT2D eigenvalue weighted by Gasteiger charge is 2.26. The Morgan fingerprint density at radius 1 is 0.879 bits per heavy atom. The quantitative estimate of drug-likeness (QED) is 0.449. The second-order valence-electron chi connectivity index (χ2n) is 6.73. The molecule has 1 aliphatic heterocycles. The number of amides is 1. The molecule has 162 valence electrons. The van der Waals surface area contributed by atoms with Crippen LogP contribution >= 0.6 is 22.7 Å². The van der Waals surface area contributed by atoms with Gasteiger partial charge < -0.3 is 10.5 Å². The zero-order valence-electron chi connectivity index (χ0n) is 17.1. The summed E-state index contributed by atoms with van der Waals surface area (Å²) in [6.45, 7) is 0.948. The normalized spacial score (nSPS) is 12.3. The van der Waals surface area contributed by atoms with Crippen molar-refractivity contribution >= 4 is 39.0 Å². The van der Waals surface area contributed by atoms with Crippen molar-refractivity contribution in [2.24, 2.45) is 0 Å². The van der Waals surface area contributed by atoms with Gasteiger partial charge in [0.2, 0.25) is 0 Å². The number of nitrogens with zero attached hydrogens (tertiary/aromatic N) is 5. The first kappa shape index (κ1) is 22.0. The number of nitrogen functional groups attached to an aromatic ring is 1. The summed E-state index contributed by atoms with van der Waals surface area (Å²) < 4.78 is 4.88. The molecular weight excluding hydrogens is 456 g/mol. The highest BCUT2D eigenvalue weighted by Crippen LogP contribution is 2.29. The van der Waals surface area contributed by atoms with E-state index in [1.54, 1.807) is 24.3 Å². The zero-order valence-corrected chi connectivity index (χ0v) is 18.8. The van der Waals surface area contributed by atoms with Gasteiger partial charge in [-0.3, -0.25) is 0 Å². The Kier molecular flexibility index (Phi) is 6.60. The highest BCUT2D eigenvalue weighted by atomic mass is 32.1. The molecular formula is C23H16N6O2S2. The molecule has 0 radical (unpaired) electrons. The summed E-state index contributed by atoms with van der Waals surface area (Å²) in [7, 11) is 0. The van der Waals surface area contributed by atoms with Crippen molar-refractivity contribution < 1.29 is 9.53 Å². The molecule has 2 aromatic carbocycles. The topological polar surface area (TPSA) is 129 Å². The number of nitrogens with two attached hydrogens (primary N) is 1. The van der Waals surface area contributed by atoms with Crippen molar-refractivity contribution in [3.05, 3.63) is 70.4 Å². The van der Waals surface area contributed by atoms with Gasteiger partial charge in [-0.1, -0.05) is 24.3 Å². The number of anilines is 2. The second kappa shape index (κ2) is 9.92. The summed E-state index contributed by atoms with van der Waals surface area (Å²) in [5.41, 5.74) is 10.4. The van der Waals surface area contributed by atoms with Crippen molar-refractivity contribution in [3.63, 3.8) is 0 Å². The van der Waals surface area contributed by atoms with Crippen LogP contribution in [0.2, 0.25) is 0 Å². The molecule has 10 heteroatoms. The van der Waals surface area contributed by atoms with Crippen LogP contribution in [0, 0.1) is 22.7 Å². The molecule has 1 aliphatic rings. The largest absolute Gasteiger partial charge is 0.447 e. The van der Waals surface area contributed by atoms with Crippen LogP contribution in [0.15, 0.2) is 59.3 Å². The highest BCUT2D eigenvalue weighted by molar-refractivity contribution is 7.14. The molecule has 0 spiro atoms. The van der Waals surface area contributed by atoms with Crippen LogP contribution in [0.3, 0.4) is 0 Å². The minimum absolute atomic E-state index is 0.347. The van der Waals surface area contributed by atoms with E-state index in [0.29, 0.717) is 34.5 Å². The van der Waals surface area contributed by atoms with Gasteiger partial charge in [0.05, 0.1) is 41.2 Å². The van der Waals surface area contributed by atoms with Crippen LogP contribution in [-0.4, -0.2) is 29.2 Å². The fourth-order valence-corrected chi connectivity index (χ4v) is 4.36. The molecule has 0 atom stereocenters. The number of carbonyl (C=O) groups is 1. The number of hydrogen-bond donors (Lipinski definition) is 1. The number of carbonyl (C=O) groups excluding carboxylic acids is 1. The van der Waals surface area contributed by atoms with E-state index in [-0.39, 0.29) is 6.09 Å². The maximum absolute atomic E-state index is 11.4. The van der Waals surface area contributed by atoms with E-state index in [4.69, 9.17) is 21.0 Å². The van der Waals surface area contributed by atoms with Crippen LogP contribution in [0.4, 0.5) is 15.1 Å². The average molecular weight is 473 g/mol. The lowest BCUT2D eigenvalue weighted by molar-refractivity contribution is 0.181. The third-order valence-corrected chi connectivity index (χ3v) is 6.16. The molecule has 1 fully saturated rings. The summed E-state index contributed by atoms with van der Waals surface area (Å²) in [5, 5.41) is 22.4. The smallest absolute Gasteiger partial charge is 0.416 e. The van der Waals surface area contributed by atoms with Crippen LogP contribution < -0.4 is 10.6 Å². The summed E-state index contributed by atoms with van der Waals surface area (Å²) in [4.78, 5) is 21.5. The molecule has 5 rings (SSSR count). The first-order valence-electron chi connectivity index (χ1n) is 9.69. The lowest BCUT2D eigenvalue weighted by Crippen LogP contribution is -2.22. The van der Waals surface area contributed by atoms with E-state index in [1.165, 1.54) is 27.6 Å². The van der Waals surface area contributed by atoms with E-state index >= 15 is 0 Å². The van der Waals surface area contributed by atoms with E-state index in [9.17, 15) is 4.79 Å². The third-order valence-electron chi connectivity index (χ3n) is 4.63. The predicted molar refractivity (Wildman–Crippen MR) is 128 cm³/mol. The minimum Gasteiger partial charge on any atom is -0.447 e. The molecule has 1 saturated heterocycles. The van der Waals surface area contributed by atoms with Crippen LogP contribution in [-0.2, 0) is 4.74 Å². The number of nitriles is 2. The Morgan fingerprint density at radius 2 is 1.42 bits per heavy atom. The van der Waals surface area contributed by atoms with Crippen molar-refractivity contribution in [1.29, 1.82) is 10.5 Å². The number of ether oxygens (including phenoxy) is 1. The van der Waals surface area contributed by atoms with Crippen molar-refractivity contribution in [2.75, 3.05) is 23.8 Å². The SMILES string of the molecule is N#Cc1ccc(-c2csc(N)n2)cc1.N#Cc1ccc(-c2csc(N3CCOC3=O)n2)cc1.